The zero-order chi connectivity index (χ0) is 14.7. The van der Waals surface area contributed by atoms with Gasteiger partial charge in [0, 0.05) is 0 Å². The first-order valence-electron chi connectivity index (χ1n) is 5.73. The van der Waals surface area contributed by atoms with Gasteiger partial charge in [0.25, 0.3) is 0 Å². The van der Waals surface area contributed by atoms with Crippen LogP contribution in [0.1, 0.15) is 18.7 Å². The number of aliphatic hydroxyl groups is 1. The van der Waals surface area contributed by atoms with Gasteiger partial charge in [0.15, 0.2) is 0 Å². The number of rotatable bonds is 4. The molecule has 0 fully saturated rings. The summed E-state index contributed by atoms with van der Waals surface area (Å²) < 4.78 is 18.3. The number of nitro benzene ring substituents is 1. The summed E-state index contributed by atoms with van der Waals surface area (Å²) in [5, 5.41) is 20.1. The number of pyridine rings is 1. The fraction of sp³-hybridized carbons (Fsp3) is 0.154. The van der Waals surface area contributed by atoms with Crippen molar-refractivity contribution in [2.24, 2.45) is 0 Å². The Morgan fingerprint density at radius 1 is 1.40 bits per heavy atom. The van der Waals surface area contributed by atoms with Crippen molar-refractivity contribution < 1.29 is 19.2 Å². The van der Waals surface area contributed by atoms with E-state index in [0.717, 1.165) is 12.1 Å². The van der Waals surface area contributed by atoms with Crippen molar-refractivity contribution in [3.8, 4) is 11.5 Å². The van der Waals surface area contributed by atoms with E-state index in [1.807, 2.05) is 0 Å². The van der Waals surface area contributed by atoms with Gasteiger partial charge in [-0.2, -0.15) is 0 Å². The molecule has 0 bridgehead atoms. The number of nitro groups is 1. The monoisotopic (exact) mass is 278 g/mol. The first kappa shape index (κ1) is 13.9. The summed E-state index contributed by atoms with van der Waals surface area (Å²) in [7, 11) is 0. The van der Waals surface area contributed by atoms with Gasteiger partial charge in [0.2, 0.25) is 5.75 Å². The normalized spacial score (nSPS) is 11.9. The predicted octanol–water partition coefficient (Wildman–Crippen LogP) is 2.97. The fourth-order valence-corrected chi connectivity index (χ4v) is 1.55. The minimum atomic E-state index is -0.726. The van der Waals surface area contributed by atoms with Crippen LogP contribution in [0.4, 0.5) is 10.1 Å². The van der Waals surface area contributed by atoms with E-state index in [1.165, 1.54) is 24.4 Å². The Morgan fingerprint density at radius 3 is 2.70 bits per heavy atom. The Labute approximate surface area is 113 Å². The van der Waals surface area contributed by atoms with Crippen LogP contribution in [-0.2, 0) is 0 Å². The van der Waals surface area contributed by atoms with Gasteiger partial charge in [-0.1, -0.05) is 0 Å². The molecule has 1 aromatic heterocycles. The quantitative estimate of drug-likeness (QED) is 0.686. The van der Waals surface area contributed by atoms with Crippen molar-refractivity contribution in [2.45, 2.75) is 13.0 Å². The van der Waals surface area contributed by atoms with Crippen LogP contribution in [-0.4, -0.2) is 15.0 Å². The second kappa shape index (κ2) is 5.62. The highest BCUT2D eigenvalue weighted by Gasteiger charge is 2.17. The zero-order valence-corrected chi connectivity index (χ0v) is 10.5. The first-order chi connectivity index (χ1) is 9.47. The molecule has 2 aromatic rings. The SMILES string of the molecule is C[C@H](O)c1ccc(Oc2ccc(F)cc2[N+](=O)[O-])cn1. The Kier molecular flexibility index (Phi) is 3.90. The molecule has 0 aliphatic rings. The smallest absolute Gasteiger partial charge is 0.314 e. The number of hydrogen-bond acceptors (Lipinski definition) is 5. The van der Waals surface area contributed by atoms with E-state index in [-0.39, 0.29) is 11.5 Å². The summed E-state index contributed by atoms with van der Waals surface area (Å²) in [6.07, 6.45) is 0.610. The minimum absolute atomic E-state index is 0.0806. The highest BCUT2D eigenvalue weighted by molar-refractivity contribution is 5.48. The molecule has 1 atom stereocenters. The van der Waals surface area contributed by atoms with E-state index in [2.05, 4.69) is 4.98 Å². The molecule has 20 heavy (non-hydrogen) atoms. The number of nitrogens with zero attached hydrogens (tertiary/aromatic N) is 2. The van der Waals surface area contributed by atoms with Crippen LogP contribution in [0.2, 0.25) is 0 Å². The van der Waals surface area contributed by atoms with Gasteiger partial charge in [0.1, 0.15) is 11.6 Å². The molecule has 0 saturated heterocycles. The number of aromatic nitrogens is 1. The predicted molar refractivity (Wildman–Crippen MR) is 68.0 cm³/mol. The highest BCUT2D eigenvalue weighted by Crippen LogP contribution is 2.31. The average molecular weight is 278 g/mol. The standard InChI is InChI=1S/C13H11FN2O4/c1-8(17)11-4-3-10(7-15-11)20-13-5-2-9(14)6-12(13)16(18)19/h2-8,17H,1H3/t8-/m0/s1. The molecule has 2 rings (SSSR count). The first-order valence-corrected chi connectivity index (χ1v) is 5.73. The minimum Gasteiger partial charge on any atom is -0.449 e. The molecule has 0 spiro atoms. The largest absolute Gasteiger partial charge is 0.449 e. The van der Waals surface area contributed by atoms with Crippen LogP contribution in [0.25, 0.3) is 0 Å². The van der Waals surface area contributed by atoms with Crippen molar-refractivity contribution in [2.75, 3.05) is 0 Å². The number of aliphatic hydroxyl groups excluding tert-OH is 1. The second-order valence-electron chi connectivity index (χ2n) is 4.07. The maximum atomic E-state index is 13.0. The van der Waals surface area contributed by atoms with E-state index in [4.69, 9.17) is 4.74 Å². The summed E-state index contributed by atoms with van der Waals surface area (Å²) >= 11 is 0. The van der Waals surface area contributed by atoms with Crippen molar-refractivity contribution >= 4 is 5.69 Å². The molecular formula is C13H11FN2O4. The third kappa shape index (κ3) is 3.07. The maximum absolute atomic E-state index is 13.0. The van der Waals surface area contributed by atoms with E-state index < -0.39 is 22.5 Å². The lowest BCUT2D eigenvalue weighted by Gasteiger charge is -2.07. The van der Waals surface area contributed by atoms with Gasteiger partial charge < -0.3 is 9.84 Å². The molecule has 0 aliphatic heterocycles. The van der Waals surface area contributed by atoms with E-state index >= 15 is 0 Å². The molecule has 6 nitrogen and oxygen atoms in total. The maximum Gasteiger partial charge on any atom is 0.314 e. The van der Waals surface area contributed by atoms with Crippen LogP contribution in [0, 0.1) is 15.9 Å². The summed E-state index contributed by atoms with van der Waals surface area (Å²) in [6, 6.07) is 6.08. The van der Waals surface area contributed by atoms with Gasteiger partial charge in [-0.15, -0.1) is 0 Å². The lowest BCUT2D eigenvalue weighted by atomic mass is 10.2. The summed E-state index contributed by atoms with van der Waals surface area (Å²) in [6.45, 7) is 1.56. The van der Waals surface area contributed by atoms with Gasteiger partial charge in [-0.25, -0.2) is 4.39 Å². The summed E-state index contributed by atoms with van der Waals surface area (Å²) in [5.41, 5.74) is -0.0180. The van der Waals surface area contributed by atoms with Gasteiger partial charge in [-0.3, -0.25) is 15.1 Å². The third-order valence-electron chi connectivity index (χ3n) is 2.53. The molecule has 0 amide bonds. The van der Waals surface area contributed by atoms with Gasteiger partial charge in [0.05, 0.1) is 29.0 Å². The van der Waals surface area contributed by atoms with E-state index in [9.17, 15) is 19.6 Å². The summed E-state index contributed by atoms with van der Waals surface area (Å²) in [5.74, 6) is -0.543. The van der Waals surface area contributed by atoms with Crippen LogP contribution < -0.4 is 4.74 Å². The fourth-order valence-electron chi connectivity index (χ4n) is 1.55. The van der Waals surface area contributed by atoms with Crippen LogP contribution in [0.5, 0.6) is 11.5 Å². The van der Waals surface area contributed by atoms with Crippen LogP contribution in [0.15, 0.2) is 36.5 Å². The molecule has 0 unspecified atom stereocenters. The molecular weight excluding hydrogens is 267 g/mol. The van der Waals surface area contributed by atoms with Crippen molar-refractivity contribution in [1.82, 2.24) is 4.98 Å². The molecule has 0 aliphatic carbocycles. The van der Waals surface area contributed by atoms with Crippen LogP contribution in [0.3, 0.4) is 0 Å². The molecule has 104 valence electrons. The highest BCUT2D eigenvalue weighted by atomic mass is 19.1. The Bertz CT molecular complexity index is 629. The molecule has 0 saturated carbocycles. The van der Waals surface area contributed by atoms with Gasteiger partial charge >= 0.3 is 5.69 Å². The number of ether oxygens (including phenoxy) is 1. The van der Waals surface area contributed by atoms with Crippen molar-refractivity contribution in [1.29, 1.82) is 0 Å². The number of hydrogen-bond donors (Lipinski definition) is 1. The molecule has 0 radical (unpaired) electrons. The molecule has 1 aromatic carbocycles. The Balaban J connectivity index is 2.28. The lowest BCUT2D eigenvalue weighted by Crippen LogP contribution is -1.97. The van der Waals surface area contributed by atoms with Crippen molar-refractivity contribution in [3.63, 3.8) is 0 Å². The van der Waals surface area contributed by atoms with E-state index in [0.29, 0.717) is 5.69 Å². The van der Waals surface area contributed by atoms with Gasteiger partial charge in [-0.05, 0) is 31.2 Å². The Hall–Kier alpha value is -2.54. The lowest BCUT2D eigenvalue weighted by molar-refractivity contribution is -0.385. The topological polar surface area (TPSA) is 85.5 Å². The zero-order valence-electron chi connectivity index (χ0n) is 10.5. The molecule has 1 N–H and O–H groups in total. The molecule has 1 heterocycles. The van der Waals surface area contributed by atoms with E-state index in [1.54, 1.807) is 6.92 Å². The van der Waals surface area contributed by atoms with Crippen LogP contribution >= 0.6 is 0 Å². The number of benzene rings is 1. The third-order valence-corrected chi connectivity index (χ3v) is 2.53. The second-order valence-corrected chi connectivity index (χ2v) is 4.07. The Morgan fingerprint density at radius 2 is 2.15 bits per heavy atom. The molecule has 7 heteroatoms. The average Bonchev–Trinajstić information content (AvgIpc) is 2.41. The van der Waals surface area contributed by atoms with Crippen molar-refractivity contribution in [3.05, 3.63) is 58.2 Å². The number of halogens is 1. The summed E-state index contributed by atoms with van der Waals surface area (Å²) in [4.78, 5) is 14.0.